The van der Waals surface area contributed by atoms with Crippen LogP contribution in [0.1, 0.15) is 27.0 Å². The molecular weight excluding hydrogens is 397 g/mol. The van der Waals surface area contributed by atoms with E-state index in [9.17, 15) is 9.18 Å². The summed E-state index contributed by atoms with van der Waals surface area (Å²) in [5.41, 5.74) is 3.30. The third kappa shape index (κ3) is 5.22. The molecule has 0 fully saturated rings. The van der Waals surface area contributed by atoms with Crippen LogP contribution in [-0.2, 0) is 24.5 Å². The summed E-state index contributed by atoms with van der Waals surface area (Å²) in [7, 11) is 1.60. The van der Waals surface area contributed by atoms with Crippen molar-refractivity contribution in [3.05, 3.63) is 94.8 Å². The minimum Gasteiger partial charge on any atom is -0.497 e. The minimum atomic E-state index is -0.273. The molecule has 31 heavy (non-hydrogen) atoms. The van der Waals surface area contributed by atoms with Gasteiger partial charge in [-0.3, -0.25) is 4.79 Å². The van der Waals surface area contributed by atoms with Gasteiger partial charge in [0.15, 0.2) is 0 Å². The summed E-state index contributed by atoms with van der Waals surface area (Å²) in [4.78, 5) is 14.8. The molecule has 0 N–H and O–H groups in total. The van der Waals surface area contributed by atoms with Crippen molar-refractivity contribution in [2.24, 2.45) is 0 Å². The minimum absolute atomic E-state index is 0.0492. The van der Waals surface area contributed by atoms with E-state index < -0.39 is 0 Å². The number of carbonyl (C=O) groups excluding carboxylic acids is 1. The van der Waals surface area contributed by atoms with Crippen molar-refractivity contribution in [2.75, 3.05) is 20.3 Å². The zero-order valence-corrected chi connectivity index (χ0v) is 17.3. The van der Waals surface area contributed by atoms with Gasteiger partial charge in [0.25, 0.3) is 5.91 Å². The molecule has 1 aliphatic rings. The average Bonchev–Trinajstić information content (AvgIpc) is 3.01. The Balaban J connectivity index is 1.42. The highest BCUT2D eigenvalue weighted by molar-refractivity contribution is 5.94. The number of hydrogen-bond acceptors (Lipinski definition) is 4. The van der Waals surface area contributed by atoms with E-state index in [4.69, 9.17) is 14.2 Å². The molecular formula is C25H24FNO4. The van der Waals surface area contributed by atoms with Gasteiger partial charge in [0, 0.05) is 17.7 Å². The van der Waals surface area contributed by atoms with Gasteiger partial charge in [-0.15, -0.1) is 0 Å². The van der Waals surface area contributed by atoms with Crippen LogP contribution in [0.25, 0.3) is 0 Å². The lowest BCUT2D eigenvalue weighted by atomic mass is 10.1. The SMILES string of the molecule is COc1ccc(C(=O)N2CCOc3ccc(COCc4cccc(F)c4)cc3C2)cc1. The second-order valence-corrected chi connectivity index (χ2v) is 7.37. The van der Waals surface area contributed by atoms with Gasteiger partial charge in [-0.25, -0.2) is 4.39 Å². The second kappa shape index (κ2) is 9.62. The van der Waals surface area contributed by atoms with Gasteiger partial charge < -0.3 is 19.1 Å². The molecule has 0 radical (unpaired) electrons. The first-order valence-corrected chi connectivity index (χ1v) is 10.1. The van der Waals surface area contributed by atoms with Crippen molar-refractivity contribution < 1.29 is 23.4 Å². The van der Waals surface area contributed by atoms with Gasteiger partial charge in [-0.2, -0.15) is 0 Å². The van der Waals surface area contributed by atoms with Gasteiger partial charge in [-0.05, 0) is 59.7 Å². The van der Waals surface area contributed by atoms with Crippen LogP contribution in [-0.4, -0.2) is 31.1 Å². The Hall–Kier alpha value is -3.38. The van der Waals surface area contributed by atoms with Crippen LogP contribution in [0.2, 0.25) is 0 Å². The van der Waals surface area contributed by atoms with E-state index in [1.54, 1.807) is 42.3 Å². The summed E-state index contributed by atoms with van der Waals surface area (Å²) >= 11 is 0. The Labute approximate surface area is 181 Å². The molecule has 3 aromatic carbocycles. The lowest BCUT2D eigenvalue weighted by molar-refractivity contribution is 0.0733. The van der Waals surface area contributed by atoms with Crippen LogP contribution in [0.5, 0.6) is 11.5 Å². The molecule has 6 heteroatoms. The zero-order valence-electron chi connectivity index (χ0n) is 17.3. The van der Waals surface area contributed by atoms with Gasteiger partial charge in [0.2, 0.25) is 0 Å². The molecule has 1 heterocycles. The quantitative estimate of drug-likeness (QED) is 0.584. The van der Waals surface area contributed by atoms with Gasteiger partial charge in [0.1, 0.15) is 23.9 Å². The number of hydrogen-bond donors (Lipinski definition) is 0. The monoisotopic (exact) mass is 421 g/mol. The molecule has 0 saturated heterocycles. The number of ether oxygens (including phenoxy) is 3. The molecule has 5 nitrogen and oxygen atoms in total. The van der Waals surface area contributed by atoms with Crippen LogP contribution in [0.15, 0.2) is 66.7 Å². The normalized spacial score (nSPS) is 13.2. The fourth-order valence-electron chi connectivity index (χ4n) is 3.54. The largest absolute Gasteiger partial charge is 0.497 e. The number of halogens is 1. The fraction of sp³-hybridized carbons (Fsp3) is 0.240. The Bertz CT molecular complexity index is 1050. The summed E-state index contributed by atoms with van der Waals surface area (Å²) in [5, 5.41) is 0. The van der Waals surface area contributed by atoms with Crippen molar-refractivity contribution in [3.8, 4) is 11.5 Å². The zero-order chi connectivity index (χ0) is 21.6. The first kappa shape index (κ1) is 20.9. The van der Waals surface area contributed by atoms with Crippen LogP contribution in [0.3, 0.4) is 0 Å². The van der Waals surface area contributed by atoms with E-state index in [1.165, 1.54) is 12.1 Å². The number of rotatable bonds is 6. The highest BCUT2D eigenvalue weighted by atomic mass is 19.1. The van der Waals surface area contributed by atoms with E-state index in [0.29, 0.717) is 44.2 Å². The van der Waals surface area contributed by atoms with E-state index in [-0.39, 0.29) is 11.7 Å². The van der Waals surface area contributed by atoms with Gasteiger partial charge >= 0.3 is 0 Å². The van der Waals surface area contributed by atoms with Gasteiger partial charge in [0.05, 0.1) is 26.9 Å². The maximum atomic E-state index is 13.3. The summed E-state index contributed by atoms with van der Waals surface area (Å²) in [6.07, 6.45) is 0. The summed E-state index contributed by atoms with van der Waals surface area (Å²) in [6.45, 7) is 2.11. The fourth-order valence-corrected chi connectivity index (χ4v) is 3.54. The third-order valence-corrected chi connectivity index (χ3v) is 5.16. The molecule has 0 aromatic heterocycles. The standard InChI is InChI=1S/C25H24FNO4/c1-29-23-8-6-20(7-9-23)25(28)27-11-12-31-24-10-5-19(13-21(24)15-27)17-30-16-18-3-2-4-22(26)14-18/h2-10,13-14H,11-12,15-17H2,1H3. The predicted molar refractivity (Wildman–Crippen MR) is 115 cm³/mol. The molecule has 0 spiro atoms. The van der Waals surface area contributed by atoms with Crippen molar-refractivity contribution in [1.29, 1.82) is 0 Å². The molecule has 0 unspecified atom stereocenters. The van der Waals surface area contributed by atoms with Crippen molar-refractivity contribution >= 4 is 5.91 Å². The third-order valence-electron chi connectivity index (χ3n) is 5.16. The number of methoxy groups -OCH3 is 1. The lowest BCUT2D eigenvalue weighted by Gasteiger charge is -2.20. The second-order valence-electron chi connectivity index (χ2n) is 7.37. The number of fused-ring (bicyclic) bond motifs is 1. The maximum absolute atomic E-state index is 13.3. The average molecular weight is 421 g/mol. The topological polar surface area (TPSA) is 48.0 Å². The van der Waals surface area contributed by atoms with E-state index in [0.717, 1.165) is 22.4 Å². The molecule has 0 bridgehead atoms. The van der Waals surface area contributed by atoms with E-state index in [2.05, 4.69) is 0 Å². The van der Waals surface area contributed by atoms with Gasteiger partial charge in [-0.1, -0.05) is 18.2 Å². The summed E-state index contributed by atoms with van der Waals surface area (Å²) in [5.74, 6) is 1.17. The number of benzene rings is 3. The number of nitrogens with zero attached hydrogens (tertiary/aromatic N) is 1. The molecule has 0 atom stereocenters. The van der Waals surface area contributed by atoms with E-state index in [1.807, 2.05) is 24.3 Å². The number of amides is 1. The van der Waals surface area contributed by atoms with Crippen molar-refractivity contribution in [2.45, 2.75) is 19.8 Å². The Morgan fingerprint density at radius 2 is 1.81 bits per heavy atom. The summed E-state index contributed by atoms with van der Waals surface area (Å²) < 4.78 is 30.1. The molecule has 0 aliphatic carbocycles. The Kier molecular flexibility index (Phi) is 6.48. The Morgan fingerprint density at radius 3 is 2.55 bits per heavy atom. The highest BCUT2D eigenvalue weighted by Crippen LogP contribution is 2.26. The van der Waals surface area contributed by atoms with Crippen molar-refractivity contribution in [1.82, 2.24) is 4.90 Å². The molecule has 4 rings (SSSR count). The van der Waals surface area contributed by atoms with Crippen LogP contribution >= 0.6 is 0 Å². The van der Waals surface area contributed by atoms with Crippen LogP contribution < -0.4 is 9.47 Å². The van der Waals surface area contributed by atoms with Crippen molar-refractivity contribution in [3.63, 3.8) is 0 Å². The highest BCUT2D eigenvalue weighted by Gasteiger charge is 2.21. The predicted octanol–water partition coefficient (Wildman–Crippen LogP) is 4.59. The first-order valence-electron chi connectivity index (χ1n) is 10.1. The van der Waals surface area contributed by atoms with E-state index >= 15 is 0 Å². The molecule has 1 amide bonds. The van der Waals surface area contributed by atoms with Crippen LogP contribution in [0.4, 0.5) is 4.39 Å². The smallest absolute Gasteiger partial charge is 0.254 e. The molecule has 3 aromatic rings. The molecule has 0 saturated carbocycles. The molecule has 1 aliphatic heterocycles. The first-order chi connectivity index (χ1) is 15.1. The lowest BCUT2D eigenvalue weighted by Crippen LogP contribution is -2.32. The molecule has 160 valence electrons. The Morgan fingerprint density at radius 1 is 1.03 bits per heavy atom. The maximum Gasteiger partial charge on any atom is 0.254 e. The summed E-state index contributed by atoms with van der Waals surface area (Å²) in [6, 6.07) is 19.3. The van der Waals surface area contributed by atoms with Crippen LogP contribution in [0, 0.1) is 5.82 Å². The number of carbonyl (C=O) groups is 1.